The standard InChI is InChI=1S/C14H14BrN3O/c1-10-3-2-4-11(7-10)8-17-14(19)18-13-6-5-12(15)9-16-13/h2-7,9H,8H2,1H3,(H2,16,17,18,19). The number of aromatic nitrogens is 1. The molecule has 0 aliphatic heterocycles. The van der Waals surface area contributed by atoms with Crippen LogP contribution in [0.25, 0.3) is 0 Å². The molecule has 2 rings (SSSR count). The summed E-state index contributed by atoms with van der Waals surface area (Å²) < 4.78 is 0.873. The van der Waals surface area contributed by atoms with Crippen LogP contribution in [0.1, 0.15) is 11.1 Å². The molecule has 1 heterocycles. The number of pyridine rings is 1. The Morgan fingerprint density at radius 3 is 2.84 bits per heavy atom. The van der Waals surface area contributed by atoms with E-state index >= 15 is 0 Å². The lowest BCUT2D eigenvalue weighted by atomic mass is 10.1. The van der Waals surface area contributed by atoms with Crippen molar-refractivity contribution in [3.05, 3.63) is 58.2 Å². The molecule has 0 saturated heterocycles. The molecule has 0 aliphatic rings. The van der Waals surface area contributed by atoms with Crippen LogP contribution in [-0.4, -0.2) is 11.0 Å². The van der Waals surface area contributed by atoms with Gasteiger partial charge >= 0.3 is 6.03 Å². The Hall–Kier alpha value is -1.88. The Morgan fingerprint density at radius 1 is 1.32 bits per heavy atom. The van der Waals surface area contributed by atoms with E-state index < -0.39 is 0 Å². The number of rotatable bonds is 3. The first-order chi connectivity index (χ1) is 9.13. The van der Waals surface area contributed by atoms with E-state index in [4.69, 9.17) is 0 Å². The molecule has 0 spiro atoms. The summed E-state index contributed by atoms with van der Waals surface area (Å²) in [6, 6.07) is 11.3. The molecular weight excluding hydrogens is 306 g/mol. The zero-order chi connectivity index (χ0) is 13.7. The number of anilines is 1. The van der Waals surface area contributed by atoms with Crippen molar-refractivity contribution in [2.45, 2.75) is 13.5 Å². The van der Waals surface area contributed by atoms with Crippen LogP contribution in [-0.2, 0) is 6.54 Å². The van der Waals surface area contributed by atoms with Gasteiger partial charge in [0.25, 0.3) is 0 Å². The Kier molecular flexibility index (Phi) is 4.52. The van der Waals surface area contributed by atoms with E-state index in [1.54, 1.807) is 12.3 Å². The topological polar surface area (TPSA) is 54.0 Å². The van der Waals surface area contributed by atoms with E-state index in [0.29, 0.717) is 12.4 Å². The quantitative estimate of drug-likeness (QED) is 0.910. The summed E-state index contributed by atoms with van der Waals surface area (Å²) in [6.07, 6.45) is 1.64. The van der Waals surface area contributed by atoms with Crippen molar-refractivity contribution in [2.75, 3.05) is 5.32 Å². The predicted octanol–water partition coefficient (Wildman–Crippen LogP) is 3.47. The van der Waals surface area contributed by atoms with E-state index in [9.17, 15) is 4.79 Å². The Labute approximate surface area is 120 Å². The van der Waals surface area contributed by atoms with Gasteiger partial charge in [-0.25, -0.2) is 9.78 Å². The van der Waals surface area contributed by atoms with Crippen molar-refractivity contribution in [3.63, 3.8) is 0 Å². The van der Waals surface area contributed by atoms with Gasteiger partial charge in [-0.3, -0.25) is 5.32 Å². The summed E-state index contributed by atoms with van der Waals surface area (Å²) in [4.78, 5) is 15.8. The third-order valence-corrected chi connectivity index (χ3v) is 2.97. The lowest BCUT2D eigenvalue weighted by Gasteiger charge is -2.07. The van der Waals surface area contributed by atoms with Gasteiger partial charge < -0.3 is 5.32 Å². The van der Waals surface area contributed by atoms with Gasteiger partial charge in [-0.1, -0.05) is 29.8 Å². The highest BCUT2D eigenvalue weighted by Crippen LogP contribution is 2.10. The molecule has 0 aliphatic carbocycles. The highest BCUT2D eigenvalue weighted by Gasteiger charge is 2.02. The van der Waals surface area contributed by atoms with Crippen LogP contribution < -0.4 is 10.6 Å². The van der Waals surface area contributed by atoms with Crippen LogP contribution >= 0.6 is 15.9 Å². The Balaban J connectivity index is 1.86. The number of carbonyl (C=O) groups is 1. The SMILES string of the molecule is Cc1cccc(CNC(=O)Nc2ccc(Br)cn2)c1. The first-order valence-corrected chi connectivity index (χ1v) is 6.65. The van der Waals surface area contributed by atoms with Gasteiger partial charge in [0.1, 0.15) is 5.82 Å². The van der Waals surface area contributed by atoms with Crippen molar-refractivity contribution < 1.29 is 4.79 Å². The summed E-state index contributed by atoms with van der Waals surface area (Å²) in [7, 11) is 0. The summed E-state index contributed by atoms with van der Waals surface area (Å²) in [6.45, 7) is 2.51. The summed E-state index contributed by atoms with van der Waals surface area (Å²) in [5.41, 5.74) is 2.24. The zero-order valence-corrected chi connectivity index (χ0v) is 12.1. The molecule has 2 amide bonds. The van der Waals surface area contributed by atoms with Crippen molar-refractivity contribution in [1.82, 2.24) is 10.3 Å². The number of carbonyl (C=O) groups excluding carboxylic acids is 1. The lowest BCUT2D eigenvalue weighted by molar-refractivity contribution is 0.251. The van der Waals surface area contributed by atoms with Crippen LogP contribution in [0.15, 0.2) is 47.1 Å². The molecule has 4 nitrogen and oxygen atoms in total. The van der Waals surface area contributed by atoms with E-state index in [1.807, 2.05) is 37.3 Å². The second-order valence-electron chi connectivity index (χ2n) is 4.16. The second kappa shape index (κ2) is 6.33. The van der Waals surface area contributed by atoms with Gasteiger partial charge in [0.2, 0.25) is 0 Å². The minimum atomic E-state index is -0.267. The van der Waals surface area contributed by atoms with Crippen LogP contribution in [0.4, 0.5) is 10.6 Å². The number of aryl methyl sites for hydroxylation is 1. The van der Waals surface area contributed by atoms with Gasteiger partial charge in [-0.15, -0.1) is 0 Å². The second-order valence-corrected chi connectivity index (χ2v) is 5.07. The van der Waals surface area contributed by atoms with Gasteiger partial charge in [-0.05, 0) is 40.5 Å². The molecule has 0 atom stereocenters. The first kappa shape index (κ1) is 13.5. The Morgan fingerprint density at radius 2 is 2.16 bits per heavy atom. The fraction of sp³-hybridized carbons (Fsp3) is 0.143. The van der Waals surface area contributed by atoms with Crippen molar-refractivity contribution in [2.24, 2.45) is 0 Å². The van der Waals surface area contributed by atoms with Crippen LogP contribution in [0, 0.1) is 6.92 Å². The maximum atomic E-state index is 11.7. The van der Waals surface area contributed by atoms with Crippen molar-refractivity contribution in [3.8, 4) is 0 Å². The highest BCUT2D eigenvalue weighted by molar-refractivity contribution is 9.10. The molecule has 2 aromatic rings. The van der Waals surface area contributed by atoms with Crippen molar-refractivity contribution in [1.29, 1.82) is 0 Å². The van der Waals surface area contributed by atoms with Gasteiger partial charge in [0, 0.05) is 17.2 Å². The molecule has 0 saturated carbocycles. The molecule has 0 unspecified atom stereocenters. The Bertz CT molecular complexity index is 569. The van der Waals surface area contributed by atoms with Crippen LogP contribution in [0.5, 0.6) is 0 Å². The third-order valence-electron chi connectivity index (χ3n) is 2.50. The normalized spacial score (nSPS) is 10.0. The smallest absolute Gasteiger partial charge is 0.320 e. The average Bonchev–Trinajstić information content (AvgIpc) is 2.39. The fourth-order valence-electron chi connectivity index (χ4n) is 1.61. The molecule has 0 bridgehead atoms. The van der Waals surface area contributed by atoms with E-state index in [-0.39, 0.29) is 6.03 Å². The van der Waals surface area contributed by atoms with E-state index in [1.165, 1.54) is 5.56 Å². The monoisotopic (exact) mass is 319 g/mol. The largest absolute Gasteiger partial charge is 0.334 e. The minimum Gasteiger partial charge on any atom is -0.334 e. The number of urea groups is 1. The molecule has 2 N–H and O–H groups in total. The number of hydrogen-bond donors (Lipinski definition) is 2. The predicted molar refractivity (Wildman–Crippen MR) is 79.0 cm³/mol. The summed E-state index contributed by atoms with van der Waals surface area (Å²) in [5, 5.41) is 5.46. The molecule has 98 valence electrons. The maximum absolute atomic E-state index is 11.7. The maximum Gasteiger partial charge on any atom is 0.320 e. The number of nitrogens with one attached hydrogen (secondary N) is 2. The van der Waals surface area contributed by atoms with E-state index in [0.717, 1.165) is 10.0 Å². The van der Waals surface area contributed by atoms with Gasteiger partial charge in [0.15, 0.2) is 0 Å². The van der Waals surface area contributed by atoms with E-state index in [2.05, 4.69) is 31.5 Å². The molecule has 0 radical (unpaired) electrons. The number of halogens is 1. The fourth-order valence-corrected chi connectivity index (χ4v) is 1.85. The van der Waals surface area contributed by atoms with Gasteiger partial charge in [-0.2, -0.15) is 0 Å². The average molecular weight is 320 g/mol. The number of nitrogens with zero attached hydrogens (tertiary/aromatic N) is 1. The summed E-state index contributed by atoms with van der Waals surface area (Å²) >= 11 is 3.29. The molecule has 1 aromatic carbocycles. The molecule has 0 fully saturated rings. The highest BCUT2D eigenvalue weighted by atomic mass is 79.9. The lowest BCUT2D eigenvalue weighted by Crippen LogP contribution is -2.28. The van der Waals surface area contributed by atoms with Crippen molar-refractivity contribution >= 4 is 27.8 Å². The first-order valence-electron chi connectivity index (χ1n) is 5.85. The minimum absolute atomic E-state index is 0.267. The third kappa shape index (κ3) is 4.37. The number of benzene rings is 1. The number of hydrogen-bond acceptors (Lipinski definition) is 2. The number of amides is 2. The van der Waals surface area contributed by atoms with Crippen LogP contribution in [0.2, 0.25) is 0 Å². The zero-order valence-electron chi connectivity index (χ0n) is 10.5. The molecular formula is C14H14BrN3O. The molecule has 19 heavy (non-hydrogen) atoms. The molecule has 5 heteroatoms. The van der Waals surface area contributed by atoms with Crippen LogP contribution in [0.3, 0.4) is 0 Å². The van der Waals surface area contributed by atoms with Gasteiger partial charge in [0.05, 0.1) is 0 Å². The molecule has 1 aromatic heterocycles. The summed E-state index contributed by atoms with van der Waals surface area (Å²) in [5.74, 6) is 0.518.